The average molecular weight is 356 g/mol. The lowest BCUT2D eigenvalue weighted by atomic mass is 10.2. The molecule has 0 spiro atoms. The van der Waals surface area contributed by atoms with E-state index in [9.17, 15) is 19.7 Å². The number of aromatic nitrogens is 4. The van der Waals surface area contributed by atoms with Gasteiger partial charge in [-0.15, -0.1) is 0 Å². The van der Waals surface area contributed by atoms with Crippen molar-refractivity contribution in [3.05, 3.63) is 56.1 Å². The Morgan fingerprint density at radius 3 is 2.69 bits per heavy atom. The minimum atomic E-state index is -0.510. The van der Waals surface area contributed by atoms with E-state index in [0.717, 1.165) is 4.68 Å². The van der Waals surface area contributed by atoms with Gasteiger partial charge in [-0.25, -0.2) is 9.36 Å². The first-order chi connectivity index (χ1) is 12.4. The molecule has 0 radical (unpaired) electrons. The van der Waals surface area contributed by atoms with Crippen molar-refractivity contribution in [2.75, 3.05) is 7.05 Å². The monoisotopic (exact) mass is 356 g/mol. The molecule has 2 heterocycles. The molecular weight excluding hydrogens is 340 g/mol. The molecule has 0 fully saturated rings. The lowest BCUT2D eigenvalue weighted by molar-refractivity contribution is -0.384. The summed E-state index contributed by atoms with van der Waals surface area (Å²) in [5.74, 6) is -0.445. The van der Waals surface area contributed by atoms with Crippen LogP contribution >= 0.6 is 0 Å². The molecule has 3 aromatic rings. The van der Waals surface area contributed by atoms with E-state index in [4.69, 9.17) is 0 Å². The van der Waals surface area contributed by atoms with Crippen molar-refractivity contribution in [3.8, 4) is 5.69 Å². The predicted molar refractivity (Wildman–Crippen MR) is 93.6 cm³/mol. The molecule has 0 atom stereocenters. The number of carbonyl (C=O) groups is 1. The highest BCUT2D eigenvalue weighted by molar-refractivity contribution is 6.05. The molecule has 1 N–H and O–H groups in total. The molecule has 0 aliphatic heterocycles. The normalized spacial score (nSPS) is 10.9. The Balaban J connectivity index is 2.37. The van der Waals surface area contributed by atoms with Crippen LogP contribution in [0.2, 0.25) is 0 Å². The van der Waals surface area contributed by atoms with E-state index in [1.807, 2.05) is 0 Å². The van der Waals surface area contributed by atoms with E-state index in [0.29, 0.717) is 16.8 Å². The number of carbonyl (C=O) groups excluding carboxylic acids is 1. The number of benzene rings is 1. The molecule has 0 saturated carbocycles. The zero-order valence-corrected chi connectivity index (χ0v) is 14.4. The van der Waals surface area contributed by atoms with Gasteiger partial charge >= 0.3 is 0 Å². The summed E-state index contributed by atoms with van der Waals surface area (Å²) in [6.07, 6.45) is 0. The third-order valence-electron chi connectivity index (χ3n) is 4.04. The highest BCUT2D eigenvalue weighted by Gasteiger charge is 2.23. The number of nitrogens with zero attached hydrogens (tertiary/aromatic N) is 5. The van der Waals surface area contributed by atoms with Crippen molar-refractivity contribution < 1.29 is 9.72 Å². The fourth-order valence-electron chi connectivity index (χ4n) is 2.76. The lowest BCUT2D eigenvalue weighted by Gasteiger charge is -2.06. The SMILES string of the molecule is CCn1nc(C(=O)NC)c2c(C)n(-c3cccc([N+](=O)[O-])c3)nc2c1=O. The van der Waals surface area contributed by atoms with Crippen molar-refractivity contribution in [2.24, 2.45) is 0 Å². The summed E-state index contributed by atoms with van der Waals surface area (Å²) in [7, 11) is 1.47. The van der Waals surface area contributed by atoms with E-state index in [2.05, 4.69) is 15.5 Å². The van der Waals surface area contributed by atoms with E-state index in [1.165, 1.54) is 29.9 Å². The number of rotatable bonds is 4. The maximum Gasteiger partial charge on any atom is 0.295 e. The van der Waals surface area contributed by atoms with Gasteiger partial charge in [0.15, 0.2) is 11.2 Å². The molecule has 26 heavy (non-hydrogen) atoms. The highest BCUT2D eigenvalue weighted by atomic mass is 16.6. The summed E-state index contributed by atoms with van der Waals surface area (Å²) < 4.78 is 2.57. The molecule has 10 heteroatoms. The van der Waals surface area contributed by atoms with Gasteiger partial charge in [-0.2, -0.15) is 10.2 Å². The molecule has 0 unspecified atom stereocenters. The fourth-order valence-corrected chi connectivity index (χ4v) is 2.76. The van der Waals surface area contributed by atoms with Crippen molar-refractivity contribution in [1.29, 1.82) is 0 Å². The number of aryl methyl sites for hydroxylation is 2. The van der Waals surface area contributed by atoms with Gasteiger partial charge in [0.05, 0.1) is 21.7 Å². The topological polar surface area (TPSA) is 125 Å². The van der Waals surface area contributed by atoms with Crippen molar-refractivity contribution in [2.45, 2.75) is 20.4 Å². The summed E-state index contributed by atoms with van der Waals surface area (Å²) in [4.78, 5) is 35.3. The first-order valence-corrected chi connectivity index (χ1v) is 7.86. The smallest absolute Gasteiger partial charge is 0.295 e. The second kappa shape index (κ2) is 6.39. The Labute approximate surface area is 147 Å². The van der Waals surface area contributed by atoms with Crippen LogP contribution in [-0.4, -0.2) is 37.4 Å². The first-order valence-electron chi connectivity index (χ1n) is 7.86. The van der Waals surface area contributed by atoms with Crippen LogP contribution in [0, 0.1) is 17.0 Å². The van der Waals surface area contributed by atoms with Crippen molar-refractivity contribution in [3.63, 3.8) is 0 Å². The van der Waals surface area contributed by atoms with Crippen LogP contribution < -0.4 is 10.9 Å². The minimum Gasteiger partial charge on any atom is -0.354 e. The summed E-state index contributed by atoms with van der Waals surface area (Å²) in [5.41, 5.74) is 0.548. The van der Waals surface area contributed by atoms with Gasteiger partial charge in [0.2, 0.25) is 0 Å². The number of nitro groups is 1. The van der Waals surface area contributed by atoms with Crippen LogP contribution in [0.15, 0.2) is 29.1 Å². The van der Waals surface area contributed by atoms with Crippen molar-refractivity contribution in [1.82, 2.24) is 24.9 Å². The number of amides is 1. The van der Waals surface area contributed by atoms with E-state index < -0.39 is 16.4 Å². The molecule has 0 saturated heterocycles. The number of hydrogen-bond donors (Lipinski definition) is 1. The molecule has 134 valence electrons. The zero-order valence-electron chi connectivity index (χ0n) is 14.4. The zero-order chi connectivity index (χ0) is 19.0. The maximum absolute atomic E-state index is 12.6. The fraction of sp³-hybridized carbons (Fsp3) is 0.250. The second-order valence-corrected chi connectivity index (χ2v) is 5.55. The Hall–Kier alpha value is -3.56. The van der Waals surface area contributed by atoms with Crippen LogP contribution in [0.25, 0.3) is 16.6 Å². The molecule has 0 bridgehead atoms. The highest BCUT2D eigenvalue weighted by Crippen LogP contribution is 2.23. The van der Waals surface area contributed by atoms with Gasteiger partial charge in [-0.1, -0.05) is 6.07 Å². The van der Waals surface area contributed by atoms with E-state index in [-0.39, 0.29) is 23.4 Å². The van der Waals surface area contributed by atoms with Crippen LogP contribution in [0.3, 0.4) is 0 Å². The third-order valence-corrected chi connectivity index (χ3v) is 4.04. The second-order valence-electron chi connectivity index (χ2n) is 5.55. The largest absolute Gasteiger partial charge is 0.354 e. The van der Waals surface area contributed by atoms with Gasteiger partial charge in [-0.05, 0) is 19.9 Å². The molecule has 1 amide bonds. The minimum absolute atomic E-state index is 0.0816. The standard InChI is InChI=1S/C16H16N6O4/c1-4-20-16(24)14-12(13(18-20)15(23)17-3)9(2)21(19-14)10-6-5-7-11(8-10)22(25)26/h5-8H,4H2,1-3H3,(H,17,23). The first kappa shape index (κ1) is 17.3. The summed E-state index contributed by atoms with van der Waals surface area (Å²) in [6.45, 7) is 3.69. The predicted octanol–water partition coefficient (Wildman–Crippen LogP) is 1.18. The van der Waals surface area contributed by atoms with Crippen LogP contribution in [-0.2, 0) is 6.54 Å². The van der Waals surface area contributed by atoms with Crippen molar-refractivity contribution >= 4 is 22.5 Å². The number of nitro benzene ring substituents is 1. The number of non-ortho nitro benzene ring substituents is 1. The van der Waals surface area contributed by atoms with Gasteiger partial charge in [0.25, 0.3) is 17.2 Å². The molecule has 3 rings (SSSR count). The summed E-state index contributed by atoms with van der Waals surface area (Å²) in [5, 5.41) is 22.3. The number of fused-ring (bicyclic) bond motifs is 1. The van der Waals surface area contributed by atoms with Crippen LogP contribution in [0.4, 0.5) is 5.69 Å². The summed E-state index contributed by atoms with van der Waals surface area (Å²) >= 11 is 0. The third kappa shape index (κ3) is 2.61. The van der Waals surface area contributed by atoms with Crippen LogP contribution in [0.1, 0.15) is 23.1 Å². The van der Waals surface area contributed by atoms with Gasteiger partial charge < -0.3 is 5.32 Å². The van der Waals surface area contributed by atoms with Gasteiger partial charge in [0, 0.05) is 25.7 Å². The van der Waals surface area contributed by atoms with Crippen LogP contribution in [0.5, 0.6) is 0 Å². The maximum atomic E-state index is 12.6. The Bertz CT molecular complexity index is 1100. The van der Waals surface area contributed by atoms with Gasteiger partial charge in [0.1, 0.15) is 0 Å². The molecule has 2 aromatic heterocycles. The molecule has 0 aliphatic carbocycles. The Kier molecular flexibility index (Phi) is 4.24. The van der Waals surface area contributed by atoms with Gasteiger partial charge in [-0.3, -0.25) is 19.7 Å². The molecular formula is C16H16N6O4. The average Bonchev–Trinajstić information content (AvgIpc) is 2.99. The molecule has 10 nitrogen and oxygen atoms in total. The van der Waals surface area contributed by atoms with E-state index >= 15 is 0 Å². The Morgan fingerprint density at radius 1 is 1.35 bits per heavy atom. The number of nitrogens with one attached hydrogen (secondary N) is 1. The van der Waals surface area contributed by atoms with E-state index in [1.54, 1.807) is 19.9 Å². The Morgan fingerprint density at radius 2 is 2.08 bits per heavy atom. The molecule has 0 aliphatic rings. The summed E-state index contributed by atoms with van der Waals surface area (Å²) in [6, 6.07) is 5.88. The number of hydrogen-bond acceptors (Lipinski definition) is 6. The lowest BCUT2D eigenvalue weighted by Crippen LogP contribution is -2.28. The quantitative estimate of drug-likeness (QED) is 0.553. The molecule has 1 aromatic carbocycles.